The van der Waals surface area contributed by atoms with Gasteiger partial charge in [-0.15, -0.1) is 0 Å². The fraction of sp³-hybridized carbons (Fsp3) is 0.0714. The molecule has 2 N–H and O–H groups in total. The van der Waals surface area contributed by atoms with Crippen LogP contribution in [0.1, 0.15) is 0 Å². The summed E-state index contributed by atoms with van der Waals surface area (Å²) in [6, 6.07) is 8.90. The number of aromatic nitrogens is 1. The second kappa shape index (κ2) is 5.64. The van der Waals surface area contributed by atoms with Gasteiger partial charge < -0.3 is 9.15 Å². The van der Waals surface area contributed by atoms with Crippen LogP contribution in [0.5, 0.6) is 5.75 Å². The molecule has 0 unspecified atom stereocenters. The van der Waals surface area contributed by atoms with Crippen LogP contribution in [0.3, 0.4) is 0 Å². The molecule has 0 aliphatic carbocycles. The molecule has 0 spiro atoms. The minimum atomic E-state index is -4.00. The van der Waals surface area contributed by atoms with Gasteiger partial charge in [0.2, 0.25) is 0 Å². The molecule has 0 saturated carbocycles. The van der Waals surface area contributed by atoms with E-state index in [-0.39, 0.29) is 26.9 Å². The zero-order chi connectivity index (χ0) is 16.6. The first-order valence-electron chi connectivity index (χ1n) is 6.39. The SMILES string of the molecule is COc1ccc(Cl)cc1S(=O)(=O)Nc1cccc2[nH]c(=O)oc12. The van der Waals surface area contributed by atoms with Gasteiger partial charge in [-0.3, -0.25) is 9.71 Å². The summed E-state index contributed by atoms with van der Waals surface area (Å²) in [6.07, 6.45) is 0. The average molecular weight is 355 g/mol. The van der Waals surface area contributed by atoms with Gasteiger partial charge >= 0.3 is 5.76 Å². The third kappa shape index (κ3) is 2.90. The van der Waals surface area contributed by atoms with Crippen LogP contribution in [0.15, 0.2) is 50.5 Å². The maximum Gasteiger partial charge on any atom is 0.417 e. The van der Waals surface area contributed by atoms with Gasteiger partial charge in [0.05, 0.1) is 18.3 Å². The fourth-order valence-electron chi connectivity index (χ4n) is 2.11. The van der Waals surface area contributed by atoms with Gasteiger partial charge in [-0.25, -0.2) is 13.2 Å². The van der Waals surface area contributed by atoms with E-state index >= 15 is 0 Å². The van der Waals surface area contributed by atoms with Crippen molar-refractivity contribution in [2.45, 2.75) is 4.90 Å². The predicted octanol–water partition coefficient (Wildman–Crippen LogP) is 2.58. The average Bonchev–Trinajstić information content (AvgIpc) is 2.88. The Balaban J connectivity index is 2.11. The number of H-pyrrole nitrogens is 1. The van der Waals surface area contributed by atoms with Gasteiger partial charge in [0, 0.05) is 5.02 Å². The van der Waals surface area contributed by atoms with E-state index in [4.69, 9.17) is 20.8 Å². The Morgan fingerprint density at radius 1 is 1.26 bits per heavy atom. The van der Waals surface area contributed by atoms with Crippen molar-refractivity contribution in [1.82, 2.24) is 4.98 Å². The van der Waals surface area contributed by atoms with E-state index in [0.29, 0.717) is 5.52 Å². The monoisotopic (exact) mass is 354 g/mol. The summed E-state index contributed by atoms with van der Waals surface area (Å²) in [6.45, 7) is 0. The fourth-order valence-corrected chi connectivity index (χ4v) is 3.61. The zero-order valence-corrected chi connectivity index (χ0v) is 13.4. The molecule has 0 aliphatic heterocycles. The Morgan fingerprint density at radius 3 is 2.78 bits per heavy atom. The molecule has 0 amide bonds. The van der Waals surface area contributed by atoms with E-state index in [1.807, 2.05) is 0 Å². The standard InChI is InChI=1S/C14H11ClN2O5S/c1-21-11-6-5-8(15)7-12(11)23(19,20)17-10-4-2-3-9-13(10)22-14(18)16-9/h2-7,17H,1H3,(H,16,18). The number of hydrogen-bond donors (Lipinski definition) is 2. The molecule has 9 heteroatoms. The quantitative estimate of drug-likeness (QED) is 0.749. The summed E-state index contributed by atoms with van der Waals surface area (Å²) in [7, 11) is -2.64. The number of fused-ring (bicyclic) bond motifs is 1. The van der Waals surface area contributed by atoms with Crippen LogP contribution in [-0.2, 0) is 10.0 Å². The van der Waals surface area contributed by atoms with Crippen LogP contribution in [0.4, 0.5) is 5.69 Å². The van der Waals surface area contributed by atoms with Crippen LogP contribution < -0.4 is 15.2 Å². The smallest absolute Gasteiger partial charge is 0.417 e. The zero-order valence-electron chi connectivity index (χ0n) is 11.8. The molecule has 0 radical (unpaired) electrons. The summed E-state index contributed by atoms with van der Waals surface area (Å²) in [5.41, 5.74) is 0.623. The van der Waals surface area contributed by atoms with E-state index in [1.165, 1.54) is 31.4 Å². The van der Waals surface area contributed by atoms with Crippen molar-refractivity contribution in [2.75, 3.05) is 11.8 Å². The van der Waals surface area contributed by atoms with Crippen LogP contribution in [0.25, 0.3) is 11.1 Å². The summed E-state index contributed by atoms with van der Waals surface area (Å²) < 4.78 is 37.6. The van der Waals surface area contributed by atoms with Crippen molar-refractivity contribution in [3.05, 3.63) is 52.0 Å². The molecular formula is C14H11ClN2O5S. The third-order valence-electron chi connectivity index (χ3n) is 3.11. The molecule has 2 aromatic carbocycles. The summed E-state index contributed by atoms with van der Waals surface area (Å²) in [5.74, 6) is -0.531. The Bertz CT molecular complexity index is 1040. The second-order valence-corrected chi connectivity index (χ2v) is 6.68. The Labute approximate surface area is 135 Å². The van der Waals surface area contributed by atoms with Crippen LogP contribution >= 0.6 is 11.6 Å². The first-order chi connectivity index (χ1) is 10.9. The number of ether oxygens (including phenoxy) is 1. The topological polar surface area (TPSA) is 101 Å². The predicted molar refractivity (Wildman–Crippen MR) is 85.6 cm³/mol. The highest BCUT2D eigenvalue weighted by Crippen LogP contribution is 2.30. The highest BCUT2D eigenvalue weighted by atomic mass is 35.5. The number of oxazole rings is 1. The lowest BCUT2D eigenvalue weighted by Crippen LogP contribution is -2.14. The number of anilines is 1. The normalized spacial score (nSPS) is 11.6. The number of rotatable bonds is 4. The van der Waals surface area contributed by atoms with Crippen molar-refractivity contribution in [2.24, 2.45) is 0 Å². The molecule has 0 bridgehead atoms. The molecule has 3 rings (SSSR count). The lowest BCUT2D eigenvalue weighted by molar-refractivity contribution is 0.403. The van der Waals surface area contributed by atoms with Crippen molar-refractivity contribution >= 4 is 38.4 Å². The maximum atomic E-state index is 12.6. The first-order valence-corrected chi connectivity index (χ1v) is 8.25. The van der Waals surface area contributed by atoms with Crippen molar-refractivity contribution in [3.63, 3.8) is 0 Å². The molecule has 120 valence electrons. The van der Waals surface area contributed by atoms with Gasteiger partial charge in [-0.2, -0.15) is 0 Å². The van der Waals surface area contributed by atoms with Crippen LogP contribution in [-0.4, -0.2) is 20.5 Å². The number of sulfonamides is 1. The van der Waals surface area contributed by atoms with Crippen molar-refractivity contribution in [1.29, 1.82) is 0 Å². The van der Waals surface area contributed by atoms with Gasteiger partial charge in [0.15, 0.2) is 5.58 Å². The number of nitrogens with one attached hydrogen (secondary N) is 2. The molecular weight excluding hydrogens is 344 g/mol. The van der Waals surface area contributed by atoms with E-state index in [0.717, 1.165) is 0 Å². The molecule has 1 aromatic heterocycles. The van der Waals surface area contributed by atoms with E-state index in [1.54, 1.807) is 12.1 Å². The molecule has 3 aromatic rings. The summed E-state index contributed by atoms with van der Waals surface area (Å²) in [5, 5.41) is 0.248. The Kier molecular flexibility index (Phi) is 3.78. The van der Waals surface area contributed by atoms with Gasteiger partial charge in [0.25, 0.3) is 10.0 Å². The number of benzene rings is 2. The molecule has 0 atom stereocenters. The number of halogens is 1. The second-order valence-electron chi connectivity index (χ2n) is 4.60. The minimum Gasteiger partial charge on any atom is -0.495 e. The van der Waals surface area contributed by atoms with Crippen LogP contribution in [0, 0.1) is 0 Å². The highest BCUT2D eigenvalue weighted by Gasteiger charge is 2.22. The number of para-hydroxylation sites is 1. The summed E-state index contributed by atoms with van der Waals surface area (Å²) in [4.78, 5) is 13.6. The molecule has 0 saturated heterocycles. The number of hydrogen-bond acceptors (Lipinski definition) is 5. The van der Waals surface area contributed by atoms with Crippen LogP contribution in [0.2, 0.25) is 5.02 Å². The van der Waals surface area contributed by atoms with Crippen molar-refractivity contribution < 1.29 is 17.6 Å². The molecule has 7 nitrogen and oxygen atoms in total. The number of methoxy groups -OCH3 is 1. The van der Waals surface area contributed by atoms with E-state index in [9.17, 15) is 13.2 Å². The van der Waals surface area contributed by atoms with Gasteiger partial charge in [-0.1, -0.05) is 17.7 Å². The lowest BCUT2D eigenvalue weighted by Gasteiger charge is -2.12. The minimum absolute atomic E-state index is 0.113. The maximum absolute atomic E-state index is 12.6. The molecule has 0 fully saturated rings. The molecule has 0 aliphatic rings. The van der Waals surface area contributed by atoms with E-state index < -0.39 is 15.8 Å². The highest BCUT2D eigenvalue weighted by molar-refractivity contribution is 7.92. The molecule has 23 heavy (non-hydrogen) atoms. The largest absolute Gasteiger partial charge is 0.495 e. The summed E-state index contributed by atoms with van der Waals surface area (Å²) >= 11 is 5.87. The Morgan fingerprint density at radius 2 is 2.04 bits per heavy atom. The first kappa shape index (κ1) is 15.4. The van der Waals surface area contributed by atoms with Crippen molar-refractivity contribution in [3.8, 4) is 5.75 Å². The third-order valence-corrected chi connectivity index (χ3v) is 4.73. The Hall–Kier alpha value is -2.45. The van der Waals surface area contributed by atoms with Gasteiger partial charge in [0.1, 0.15) is 10.6 Å². The number of aromatic amines is 1. The molecule has 1 heterocycles. The van der Waals surface area contributed by atoms with Gasteiger partial charge in [-0.05, 0) is 30.3 Å². The lowest BCUT2D eigenvalue weighted by atomic mass is 10.3. The van der Waals surface area contributed by atoms with E-state index in [2.05, 4.69) is 9.71 Å².